The topological polar surface area (TPSA) is 61.8 Å². The summed E-state index contributed by atoms with van der Waals surface area (Å²) in [5.74, 6) is -0.486. The van der Waals surface area contributed by atoms with Gasteiger partial charge in [0, 0.05) is 19.4 Å². The van der Waals surface area contributed by atoms with E-state index in [1.54, 1.807) is 0 Å². The van der Waals surface area contributed by atoms with E-state index in [-0.39, 0.29) is 25.2 Å². The molecule has 0 aliphatic rings. The fourth-order valence-corrected chi connectivity index (χ4v) is 5.44. The van der Waals surface area contributed by atoms with E-state index in [2.05, 4.69) is 118 Å². The van der Waals surface area contributed by atoms with Crippen molar-refractivity contribution in [3.63, 3.8) is 0 Å². The maximum Gasteiger partial charge on any atom is 0.306 e. The molecule has 1 atom stereocenters. The van der Waals surface area contributed by atoms with Crippen LogP contribution in [0.1, 0.15) is 175 Å². The Balaban J connectivity index is 4.41. The van der Waals surface area contributed by atoms with E-state index < -0.39 is 6.10 Å². The molecule has 1 unspecified atom stereocenters. The number of allylic oxidation sites excluding steroid dienone is 16. The number of esters is 2. The molecule has 5 nitrogen and oxygen atoms in total. The standard InChI is InChI=1S/C49H80O5/c1-4-7-10-13-16-19-21-23-25-26-28-31-33-36-39-42-48(50)53-46-47(54-49(51)43-40-37-34-30-18-15-12-9-6-3)45-52-44-41-38-35-32-29-27-24-22-20-17-14-11-8-5-2/h7-8,10-11,16-17,19-20,23-25,27-28,31-32,35,47H,4-6,9,12-15,18,21-22,26,29-30,33-34,36-46H2,1-3H3/b10-7-,11-8-,19-16-,20-17-,25-23-,27-24-,31-28-,35-32-. The summed E-state index contributed by atoms with van der Waals surface area (Å²) in [7, 11) is 0. The second kappa shape index (κ2) is 44.2. The molecule has 0 bridgehead atoms. The largest absolute Gasteiger partial charge is 0.462 e. The number of carbonyl (C=O) groups is 2. The van der Waals surface area contributed by atoms with Crippen molar-refractivity contribution in [3.8, 4) is 0 Å². The molecule has 5 heteroatoms. The molecule has 0 fully saturated rings. The van der Waals surface area contributed by atoms with Crippen molar-refractivity contribution in [2.75, 3.05) is 19.8 Å². The van der Waals surface area contributed by atoms with Gasteiger partial charge in [-0.25, -0.2) is 0 Å². The van der Waals surface area contributed by atoms with Gasteiger partial charge in [0.05, 0.1) is 6.61 Å². The van der Waals surface area contributed by atoms with E-state index in [0.717, 1.165) is 103 Å². The van der Waals surface area contributed by atoms with Gasteiger partial charge in [-0.15, -0.1) is 0 Å². The van der Waals surface area contributed by atoms with Gasteiger partial charge in [-0.1, -0.05) is 169 Å². The van der Waals surface area contributed by atoms with Crippen molar-refractivity contribution < 1.29 is 23.8 Å². The molecule has 0 saturated heterocycles. The molecule has 0 aromatic carbocycles. The molecule has 0 amide bonds. The van der Waals surface area contributed by atoms with Gasteiger partial charge in [0.1, 0.15) is 6.61 Å². The molecule has 0 aliphatic carbocycles. The monoisotopic (exact) mass is 749 g/mol. The van der Waals surface area contributed by atoms with Gasteiger partial charge in [0.25, 0.3) is 0 Å². The summed E-state index contributed by atoms with van der Waals surface area (Å²) in [5, 5.41) is 0. The molecule has 0 heterocycles. The van der Waals surface area contributed by atoms with Gasteiger partial charge in [0.15, 0.2) is 6.10 Å². The maximum absolute atomic E-state index is 12.7. The number of unbranched alkanes of at least 4 members (excludes halogenated alkanes) is 11. The Morgan fingerprint density at radius 2 is 0.833 bits per heavy atom. The Morgan fingerprint density at radius 3 is 1.33 bits per heavy atom. The van der Waals surface area contributed by atoms with Crippen molar-refractivity contribution in [3.05, 3.63) is 97.2 Å². The fourth-order valence-electron chi connectivity index (χ4n) is 5.44. The summed E-state index contributed by atoms with van der Waals surface area (Å²) in [6.45, 7) is 7.37. The van der Waals surface area contributed by atoms with Crippen LogP contribution >= 0.6 is 0 Å². The lowest BCUT2D eigenvalue weighted by molar-refractivity contribution is -0.163. The predicted molar refractivity (Wildman–Crippen MR) is 233 cm³/mol. The highest BCUT2D eigenvalue weighted by Crippen LogP contribution is 2.12. The molecule has 0 saturated carbocycles. The first-order valence-electron chi connectivity index (χ1n) is 21.8. The van der Waals surface area contributed by atoms with Crippen LogP contribution in [0, 0.1) is 0 Å². The summed E-state index contributed by atoms with van der Waals surface area (Å²) in [5.41, 5.74) is 0. The zero-order valence-electron chi connectivity index (χ0n) is 34.9. The number of rotatable bonds is 38. The summed E-state index contributed by atoms with van der Waals surface area (Å²) in [6.07, 6.45) is 58.5. The smallest absolute Gasteiger partial charge is 0.306 e. The molecule has 0 spiro atoms. The highest BCUT2D eigenvalue weighted by atomic mass is 16.6. The highest BCUT2D eigenvalue weighted by molar-refractivity contribution is 5.70. The van der Waals surface area contributed by atoms with Gasteiger partial charge in [0.2, 0.25) is 0 Å². The molecule has 0 N–H and O–H groups in total. The predicted octanol–water partition coefficient (Wildman–Crippen LogP) is 14.3. The van der Waals surface area contributed by atoms with Crippen LogP contribution in [-0.2, 0) is 23.8 Å². The Kier molecular flexibility index (Phi) is 41.6. The summed E-state index contributed by atoms with van der Waals surface area (Å²) < 4.78 is 17.2. The minimum atomic E-state index is -0.582. The third-order valence-corrected chi connectivity index (χ3v) is 8.62. The lowest BCUT2D eigenvalue weighted by Crippen LogP contribution is -2.30. The third-order valence-electron chi connectivity index (χ3n) is 8.62. The molecule has 306 valence electrons. The van der Waals surface area contributed by atoms with Crippen molar-refractivity contribution in [1.29, 1.82) is 0 Å². The van der Waals surface area contributed by atoms with Crippen LogP contribution in [0.25, 0.3) is 0 Å². The molecule has 54 heavy (non-hydrogen) atoms. The van der Waals surface area contributed by atoms with Gasteiger partial charge in [-0.2, -0.15) is 0 Å². The van der Waals surface area contributed by atoms with Gasteiger partial charge in [-0.3, -0.25) is 9.59 Å². The Morgan fingerprint density at radius 1 is 0.426 bits per heavy atom. The minimum Gasteiger partial charge on any atom is -0.462 e. The minimum absolute atomic E-state index is 0.0378. The van der Waals surface area contributed by atoms with Gasteiger partial charge >= 0.3 is 11.9 Å². The average Bonchev–Trinajstić information content (AvgIpc) is 3.17. The molecule has 0 rings (SSSR count). The summed E-state index contributed by atoms with van der Waals surface area (Å²) in [6, 6.07) is 0. The number of hydrogen-bond donors (Lipinski definition) is 0. The fraction of sp³-hybridized carbons (Fsp3) is 0.633. The third kappa shape index (κ3) is 41.6. The Bertz CT molecular complexity index is 1070. The highest BCUT2D eigenvalue weighted by Gasteiger charge is 2.17. The molecular weight excluding hydrogens is 669 g/mol. The van der Waals surface area contributed by atoms with E-state index >= 15 is 0 Å². The number of carbonyl (C=O) groups excluding carboxylic acids is 2. The van der Waals surface area contributed by atoms with Crippen LogP contribution in [0.3, 0.4) is 0 Å². The van der Waals surface area contributed by atoms with E-state index in [1.165, 1.54) is 38.5 Å². The Labute approximate surface area is 332 Å². The molecule has 0 aromatic rings. The quantitative estimate of drug-likeness (QED) is 0.0357. The lowest BCUT2D eigenvalue weighted by Gasteiger charge is -2.18. The van der Waals surface area contributed by atoms with Crippen LogP contribution in [-0.4, -0.2) is 37.9 Å². The van der Waals surface area contributed by atoms with Crippen molar-refractivity contribution in [1.82, 2.24) is 0 Å². The number of ether oxygens (including phenoxy) is 3. The molecular formula is C49H80O5. The van der Waals surface area contributed by atoms with Gasteiger partial charge < -0.3 is 14.2 Å². The van der Waals surface area contributed by atoms with Crippen LogP contribution in [0.2, 0.25) is 0 Å². The molecule has 0 radical (unpaired) electrons. The summed E-state index contributed by atoms with van der Waals surface area (Å²) in [4.78, 5) is 25.1. The Hall–Kier alpha value is -3.18. The lowest BCUT2D eigenvalue weighted by atomic mass is 10.1. The first kappa shape index (κ1) is 50.8. The van der Waals surface area contributed by atoms with Crippen molar-refractivity contribution in [2.24, 2.45) is 0 Å². The number of hydrogen-bond acceptors (Lipinski definition) is 5. The first-order valence-corrected chi connectivity index (χ1v) is 21.8. The van der Waals surface area contributed by atoms with Crippen molar-refractivity contribution >= 4 is 11.9 Å². The normalized spacial score (nSPS) is 13.2. The maximum atomic E-state index is 12.7. The molecule has 0 aliphatic heterocycles. The first-order chi connectivity index (χ1) is 26.6. The zero-order chi connectivity index (χ0) is 39.3. The molecule has 0 aromatic heterocycles. The van der Waals surface area contributed by atoms with Crippen LogP contribution in [0.5, 0.6) is 0 Å². The van der Waals surface area contributed by atoms with E-state index in [0.29, 0.717) is 19.4 Å². The van der Waals surface area contributed by atoms with E-state index in [4.69, 9.17) is 14.2 Å². The van der Waals surface area contributed by atoms with Crippen LogP contribution < -0.4 is 0 Å². The van der Waals surface area contributed by atoms with Gasteiger partial charge in [-0.05, 0) is 89.9 Å². The van der Waals surface area contributed by atoms with Crippen molar-refractivity contribution in [2.45, 2.75) is 181 Å². The van der Waals surface area contributed by atoms with E-state index in [1.807, 2.05) is 0 Å². The summed E-state index contributed by atoms with van der Waals surface area (Å²) >= 11 is 0. The zero-order valence-corrected chi connectivity index (χ0v) is 34.9. The van der Waals surface area contributed by atoms with Crippen LogP contribution in [0.4, 0.5) is 0 Å². The second-order valence-corrected chi connectivity index (χ2v) is 13.8. The van der Waals surface area contributed by atoms with E-state index in [9.17, 15) is 9.59 Å². The average molecular weight is 749 g/mol. The second-order valence-electron chi connectivity index (χ2n) is 13.8. The SMILES string of the molecule is CC/C=C\C/C=C\C/C=C\C/C=C\CCCCC(=O)OCC(COCCC/C=C\C/C=C\C/C=C\C/C=C\CC)OC(=O)CCCCCCCCCCC. The van der Waals surface area contributed by atoms with Crippen LogP contribution in [0.15, 0.2) is 97.2 Å².